The summed E-state index contributed by atoms with van der Waals surface area (Å²) in [6.07, 6.45) is 2.17. The van der Waals surface area contributed by atoms with Gasteiger partial charge in [-0.25, -0.2) is 4.98 Å². The fourth-order valence-electron chi connectivity index (χ4n) is 2.17. The number of hydrogen-bond acceptors (Lipinski definition) is 4. The Morgan fingerprint density at radius 1 is 1.04 bits per heavy atom. The third-order valence-corrected chi connectivity index (χ3v) is 4.57. The van der Waals surface area contributed by atoms with Crippen molar-refractivity contribution in [1.29, 1.82) is 0 Å². The molecule has 0 spiro atoms. The molecule has 0 saturated heterocycles. The van der Waals surface area contributed by atoms with Crippen molar-refractivity contribution in [2.75, 3.05) is 5.75 Å². The molecule has 3 aromatic rings. The maximum Gasteiger partial charge on any atom is 0.208 e. The molecule has 0 atom stereocenters. The Kier molecular flexibility index (Phi) is 6.15. The van der Waals surface area contributed by atoms with Crippen LogP contribution in [0.15, 0.2) is 59.8 Å². The third-order valence-electron chi connectivity index (χ3n) is 3.38. The van der Waals surface area contributed by atoms with Crippen LogP contribution in [0.2, 0.25) is 5.02 Å². The largest absolute Gasteiger partial charge is 0.486 e. The average molecular weight is 360 g/mol. The predicted octanol–water partition coefficient (Wildman–Crippen LogP) is 4.76. The van der Waals surface area contributed by atoms with E-state index in [1.54, 1.807) is 23.9 Å². The van der Waals surface area contributed by atoms with E-state index in [0.717, 1.165) is 35.3 Å². The number of nitrogens with zero attached hydrogens (tertiary/aromatic N) is 2. The molecule has 24 heavy (non-hydrogen) atoms. The number of hydrogen-bond donors (Lipinski definition) is 1. The lowest BCUT2D eigenvalue weighted by molar-refractivity contribution is 0.296. The van der Waals surface area contributed by atoms with Crippen LogP contribution in [0, 0.1) is 0 Å². The summed E-state index contributed by atoms with van der Waals surface area (Å²) in [7, 11) is 0. The zero-order chi connectivity index (χ0) is 16.6. The van der Waals surface area contributed by atoms with Gasteiger partial charge in [0.25, 0.3) is 0 Å². The third kappa shape index (κ3) is 5.28. The Hall–Kier alpha value is -1.98. The highest BCUT2D eigenvalue weighted by atomic mass is 35.5. The summed E-state index contributed by atoms with van der Waals surface area (Å²) in [5.74, 6) is 2.47. The molecule has 6 heteroatoms. The van der Waals surface area contributed by atoms with Gasteiger partial charge in [0.1, 0.15) is 12.4 Å². The first-order valence-electron chi connectivity index (χ1n) is 7.76. The first kappa shape index (κ1) is 16.9. The zero-order valence-corrected chi connectivity index (χ0v) is 14.7. The van der Waals surface area contributed by atoms with Crippen LogP contribution in [-0.4, -0.2) is 20.9 Å². The number of nitrogens with one attached hydrogen (secondary N) is 1. The van der Waals surface area contributed by atoms with Crippen molar-refractivity contribution in [1.82, 2.24) is 15.2 Å². The second-order valence-corrected chi connectivity index (χ2v) is 6.74. The summed E-state index contributed by atoms with van der Waals surface area (Å²) in [5, 5.41) is 8.58. The topological polar surface area (TPSA) is 50.8 Å². The van der Waals surface area contributed by atoms with E-state index >= 15 is 0 Å². The number of benzene rings is 2. The Balaban J connectivity index is 1.39. The van der Waals surface area contributed by atoms with E-state index in [1.165, 1.54) is 5.56 Å². The molecule has 2 aromatic carbocycles. The lowest BCUT2D eigenvalue weighted by Crippen LogP contribution is -1.97. The van der Waals surface area contributed by atoms with Gasteiger partial charge >= 0.3 is 0 Å². The molecule has 0 fully saturated rings. The smallest absolute Gasteiger partial charge is 0.208 e. The summed E-state index contributed by atoms with van der Waals surface area (Å²) in [5.41, 5.74) is 1.37. The summed E-state index contributed by atoms with van der Waals surface area (Å²) in [6.45, 7) is 0.360. The Morgan fingerprint density at radius 3 is 2.62 bits per heavy atom. The van der Waals surface area contributed by atoms with Gasteiger partial charge in [-0.05, 0) is 42.7 Å². The molecule has 3 rings (SSSR count). The van der Waals surface area contributed by atoms with Gasteiger partial charge < -0.3 is 4.74 Å². The van der Waals surface area contributed by atoms with Gasteiger partial charge in [0.2, 0.25) is 5.16 Å². The van der Waals surface area contributed by atoms with Gasteiger partial charge in [-0.15, -0.1) is 5.10 Å². The molecule has 0 amide bonds. The summed E-state index contributed by atoms with van der Waals surface area (Å²) < 4.78 is 5.64. The highest BCUT2D eigenvalue weighted by Crippen LogP contribution is 2.18. The molecule has 4 nitrogen and oxygen atoms in total. The number of aryl methyl sites for hydroxylation is 1. The quantitative estimate of drug-likeness (QED) is 0.465. The number of H-pyrrole nitrogens is 1. The summed E-state index contributed by atoms with van der Waals surface area (Å²) in [6, 6.07) is 17.8. The van der Waals surface area contributed by atoms with E-state index in [9.17, 15) is 0 Å². The molecule has 0 unspecified atom stereocenters. The normalized spacial score (nSPS) is 10.7. The SMILES string of the molecule is Clc1ccc(OCc2nc(SCCCc3ccccc3)n[nH]2)cc1. The molecule has 0 saturated carbocycles. The lowest BCUT2D eigenvalue weighted by Gasteiger charge is -2.03. The van der Waals surface area contributed by atoms with Crippen LogP contribution in [0.5, 0.6) is 5.75 Å². The Labute approximate surface area is 150 Å². The monoisotopic (exact) mass is 359 g/mol. The number of aromatic nitrogens is 3. The number of ether oxygens (including phenoxy) is 1. The van der Waals surface area contributed by atoms with Gasteiger partial charge in [-0.1, -0.05) is 53.7 Å². The molecule has 1 N–H and O–H groups in total. The zero-order valence-electron chi connectivity index (χ0n) is 13.1. The molecular formula is C18H18ClN3OS. The minimum absolute atomic E-state index is 0.360. The molecule has 1 aromatic heterocycles. The maximum atomic E-state index is 5.84. The van der Waals surface area contributed by atoms with E-state index in [4.69, 9.17) is 16.3 Å². The summed E-state index contributed by atoms with van der Waals surface area (Å²) >= 11 is 7.50. The highest BCUT2D eigenvalue weighted by molar-refractivity contribution is 7.99. The maximum absolute atomic E-state index is 5.84. The number of aromatic amines is 1. The van der Waals surface area contributed by atoms with E-state index < -0.39 is 0 Å². The second-order valence-electron chi connectivity index (χ2n) is 5.24. The van der Waals surface area contributed by atoms with Crippen molar-refractivity contribution in [3.05, 3.63) is 71.0 Å². The molecule has 124 valence electrons. The lowest BCUT2D eigenvalue weighted by atomic mass is 10.1. The second kappa shape index (κ2) is 8.76. The molecule has 0 aliphatic rings. The molecule has 0 aliphatic heterocycles. The van der Waals surface area contributed by atoms with Crippen molar-refractivity contribution in [3.63, 3.8) is 0 Å². The van der Waals surface area contributed by atoms with Crippen LogP contribution in [0.1, 0.15) is 17.8 Å². The minimum atomic E-state index is 0.360. The van der Waals surface area contributed by atoms with E-state index in [1.807, 2.05) is 18.2 Å². The summed E-state index contributed by atoms with van der Waals surface area (Å²) in [4.78, 5) is 4.43. The van der Waals surface area contributed by atoms with Gasteiger partial charge in [0, 0.05) is 10.8 Å². The van der Waals surface area contributed by atoms with Crippen molar-refractivity contribution in [2.45, 2.75) is 24.6 Å². The van der Waals surface area contributed by atoms with E-state index in [-0.39, 0.29) is 0 Å². The molecule has 0 bridgehead atoms. The minimum Gasteiger partial charge on any atom is -0.486 e. The molecular weight excluding hydrogens is 342 g/mol. The Bertz CT molecular complexity index is 746. The molecule has 0 aliphatic carbocycles. The average Bonchev–Trinajstić information content (AvgIpc) is 3.07. The van der Waals surface area contributed by atoms with Gasteiger partial charge in [0.05, 0.1) is 0 Å². The van der Waals surface area contributed by atoms with Crippen LogP contribution < -0.4 is 4.74 Å². The number of thioether (sulfide) groups is 1. The van der Waals surface area contributed by atoms with Crippen LogP contribution in [0.4, 0.5) is 0 Å². The first-order valence-corrected chi connectivity index (χ1v) is 9.12. The van der Waals surface area contributed by atoms with E-state index in [0.29, 0.717) is 11.6 Å². The fourth-order valence-corrected chi connectivity index (χ4v) is 3.06. The van der Waals surface area contributed by atoms with Crippen LogP contribution in [0.25, 0.3) is 0 Å². The predicted molar refractivity (Wildman–Crippen MR) is 97.7 cm³/mol. The number of rotatable bonds is 8. The van der Waals surface area contributed by atoms with Crippen molar-refractivity contribution < 1.29 is 4.74 Å². The molecule has 1 heterocycles. The standard InChI is InChI=1S/C18H18ClN3OS/c19-15-8-10-16(11-9-15)23-13-17-20-18(22-21-17)24-12-4-7-14-5-2-1-3-6-14/h1-3,5-6,8-11H,4,7,12-13H2,(H,20,21,22). The van der Waals surface area contributed by atoms with Gasteiger partial charge in [-0.3, -0.25) is 5.10 Å². The van der Waals surface area contributed by atoms with Gasteiger partial charge in [-0.2, -0.15) is 0 Å². The highest BCUT2D eigenvalue weighted by Gasteiger charge is 2.05. The number of halogens is 1. The molecule has 0 radical (unpaired) electrons. The fraction of sp³-hybridized carbons (Fsp3) is 0.222. The first-order chi connectivity index (χ1) is 11.8. The van der Waals surface area contributed by atoms with E-state index in [2.05, 4.69) is 39.4 Å². The van der Waals surface area contributed by atoms with Crippen LogP contribution in [-0.2, 0) is 13.0 Å². The van der Waals surface area contributed by atoms with Gasteiger partial charge in [0.15, 0.2) is 5.82 Å². The van der Waals surface area contributed by atoms with Crippen LogP contribution >= 0.6 is 23.4 Å². The van der Waals surface area contributed by atoms with Crippen molar-refractivity contribution >= 4 is 23.4 Å². The van der Waals surface area contributed by atoms with Crippen molar-refractivity contribution in [2.24, 2.45) is 0 Å². The van der Waals surface area contributed by atoms with Crippen molar-refractivity contribution in [3.8, 4) is 5.75 Å². The van der Waals surface area contributed by atoms with Crippen LogP contribution in [0.3, 0.4) is 0 Å². The Morgan fingerprint density at radius 2 is 1.83 bits per heavy atom.